The number of fused-ring (bicyclic) bond motifs is 2. The summed E-state index contributed by atoms with van der Waals surface area (Å²) in [5.74, 6) is 0.317. The Kier molecular flexibility index (Phi) is 3.61. The van der Waals surface area contributed by atoms with Crippen molar-refractivity contribution in [3.63, 3.8) is 0 Å². The number of hydrogen-bond acceptors (Lipinski definition) is 6. The average molecular weight is 341 g/mol. The monoisotopic (exact) mass is 341 g/mol. The Hall–Kier alpha value is -2.61. The van der Waals surface area contributed by atoms with E-state index in [2.05, 4.69) is 20.3 Å². The summed E-state index contributed by atoms with van der Waals surface area (Å²) in [4.78, 5) is 38.4. The summed E-state index contributed by atoms with van der Waals surface area (Å²) in [7, 11) is 0. The third kappa shape index (κ3) is 2.48. The number of carbonyl (C=O) groups excluding carboxylic acids is 1. The first-order chi connectivity index (χ1) is 11.6. The number of aryl methyl sites for hydroxylation is 2. The maximum atomic E-state index is 12.6. The summed E-state index contributed by atoms with van der Waals surface area (Å²) in [6.45, 7) is 1.85. The highest BCUT2D eigenvalue weighted by atomic mass is 32.1. The van der Waals surface area contributed by atoms with E-state index in [1.54, 1.807) is 17.8 Å². The van der Waals surface area contributed by atoms with Crippen LogP contribution in [0.3, 0.4) is 0 Å². The average Bonchev–Trinajstić information content (AvgIpc) is 3.04. The fourth-order valence-corrected chi connectivity index (χ4v) is 3.69. The van der Waals surface area contributed by atoms with Crippen LogP contribution in [0, 0.1) is 6.92 Å². The Labute approximate surface area is 141 Å². The Balaban J connectivity index is 1.65. The Morgan fingerprint density at radius 2 is 2.25 bits per heavy atom. The van der Waals surface area contributed by atoms with E-state index in [9.17, 15) is 9.59 Å². The predicted molar refractivity (Wildman–Crippen MR) is 89.3 cm³/mol. The molecule has 3 aromatic rings. The van der Waals surface area contributed by atoms with Crippen molar-refractivity contribution < 1.29 is 4.79 Å². The van der Waals surface area contributed by atoms with Crippen LogP contribution < -0.4 is 10.9 Å². The third-order valence-corrected chi connectivity index (χ3v) is 4.97. The molecule has 0 spiro atoms. The van der Waals surface area contributed by atoms with E-state index in [1.807, 2.05) is 6.92 Å². The first-order valence-corrected chi connectivity index (χ1v) is 8.59. The van der Waals surface area contributed by atoms with Crippen molar-refractivity contribution in [2.75, 3.05) is 0 Å². The van der Waals surface area contributed by atoms with Crippen LogP contribution in [0.25, 0.3) is 4.96 Å². The maximum absolute atomic E-state index is 12.6. The highest BCUT2D eigenvalue weighted by molar-refractivity contribution is 7.15. The lowest BCUT2D eigenvalue weighted by molar-refractivity contribution is 0.0930. The summed E-state index contributed by atoms with van der Waals surface area (Å²) in [6.07, 6.45) is 7.37. The quantitative estimate of drug-likeness (QED) is 0.766. The van der Waals surface area contributed by atoms with Gasteiger partial charge in [0, 0.05) is 35.2 Å². The Bertz CT molecular complexity index is 994. The van der Waals surface area contributed by atoms with E-state index in [4.69, 9.17) is 0 Å². The lowest BCUT2D eigenvalue weighted by Crippen LogP contribution is -2.35. The summed E-state index contributed by atoms with van der Waals surface area (Å²) >= 11 is 1.35. The van der Waals surface area contributed by atoms with Crippen LogP contribution in [0.1, 0.15) is 46.3 Å². The SMILES string of the molecule is Cc1ncc2c(n1)CCC[C@@H]2NC(=O)c1cnc2sccn2c1=O. The molecule has 7 nitrogen and oxygen atoms in total. The number of nitrogens with one attached hydrogen (secondary N) is 1. The molecule has 1 amide bonds. The topological polar surface area (TPSA) is 89.2 Å². The molecule has 0 aromatic carbocycles. The molecule has 0 saturated heterocycles. The van der Waals surface area contributed by atoms with Crippen molar-refractivity contribution >= 4 is 22.2 Å². The van der Waals surface area contributed by atoms with Gasteiger partial charge in [0.15, 0.2) is 4.96 Å². The van der Waals surface area contributed by atoms with Gasteiger partial charge >= 0.3 is 0 Å². The second-order valence-electron chi connectivity index (χ2n) is 5.77. The zero-order valence-electron chi connectivity index (χ0n) is 13.0. The molecule has 0 radical (unpaired) electrons. The van der Waals surface area contributed by atoms with Crippen LogP contribution in [-0.2, 0) is 6.42 Å². The molecule has 0 aliphatic heterocycles. The largest absolute Gasteiger partial charge is 0.345 e. The summed E-state index contributed by atoms with van der Waals surface area (Å²) in [6, 6.07) is -0.176. The van der Waals surface area contributed by atoms with Gasteiger partial charge in [-0.15, -0.1) is 11.3 Å². The molecule has 1 aliphatic rings. The minimum absolute atomic E-state index is 0.0473. The molecule has 4 rings (SSSR count). The van der Waals surface area contributed by atoms with Gasteiger partial charge in [-0.25, -0.2) is 15.0 Å². The van der Waals surface area contributed by atoms with E-state index in [0.29, 0.717) is 4.96 Å². The molecule has 3 heterocycles. The standard InChI is InChI=1S/C16H15N5O2S/c1-9-17-7-10-12(19-9)3-2-4-13(10)20-14(22)11-8-18-16-21(15(11)23)5-6-24-16/h5-8,13H,2-4H2,1H3,(H,20,22)/t13-/m0/s1. The first-order valence-electron chi connectivity index (χ1n) is 7.71. The van der Waals surface area contributed by atoms with Gasteiger partial charge in [0.1, 0.15) is 11.4 Å². The second kappa shape index (κ2) is 5.79. The van der Waals surface area contributed by atoms with Gasteiger partial charge in [0.05, 0.1) is 6.04 Å². The zero-order chi connectivity index (χ0) is 16.7. The van der Waals surface area contributed by atoms with Crippen molar-refractivity contribution in [1.82, 2.24) is 24.7 Å². The Morgan fingerprint density at radius 1 is 1.38 bits per heavy atom. The van der Waals surface area contributed by atoms with Gasteiger partial charge in [-0.2, -0.15) is 0 Å². The molecule has 0 bridgehead atoms. The molecule has 122 valence electrons. The predicted octanol–water partition coefficient (Wildman–Crippen LogP) is 1.66. The third-order valence-electron chi connectivity index (χ3n) is 4.19. The van der Waals surface area contributed by atoms with Gasteiger partial charge in [-0.05, 0) is 26.2 Å². The lowest BCUT2D eigenvalue weighted by Gasteiger charge is -2.25. The van der Waals surface area contributed by atoms with E-state index in [0.717, 1.165) is 36.3 Å². The molecule has 0 saturated carbocycles. The van der Waals surface area contributed by atoms with E-state index in [1.165, 1.54) is 21.9 Å². The van der Waals surface area contributed by atoms with E-state index in [-0.39, 0.29) is 17.2 Å². The van der Waals surface area contributed by atoms with Crippen LogP contribution in [0.2, 0.25) is 0 Å². The number of rotatable bonds is 2. The minimum Gasteiger partial charge on any atom is -0.345 e. The van der Waals surface area contributed by atoms with Crippen LogP contribution in [0.5, 0.6) is 0 Å². The van der Waals surface area contributed by atoms with E-state index < -0.39 is 5.91 Å². The number of aromatic nitrogens is 4. The fraction of sp³-hybridized carbons (Fsp3) is 0.312. The number of hydrogen-bond donors (Lipinski definition) is 1. The van der Waals surface area contributed by atoms with Crippen molar-refractivity contribution in [3.8, 4) is 0 Å². The van der Waals surface area contributed by atoms with Gasteiger partial charge in [0.2, 0.25) is 0 Å². The zero-order valence-corrected chi connectivity index (χ0v) is 13.8. The molecule has 3 aromatic heterocycles. The highest BCUT2D eigenvalue weighted by Crippen LogP contribution is 2.28. The van der Waals surface area contributed by atoms with Crippen molar-refractivity contribution in [2.24, 2.45) is 0 Å². The minimum atomic E-state index is -0.411. The van der Waals surface area contributed by atoms with Crippen LogP contribution in [-0.4, -0.2) is 25.3 Å². The normalized spacial score (nSPS) is 16.8. The number of amides is 1. The number of thiazole rings is 1. The highest BCUT2D eigenvalue weighted by Gasteiger charge is 2.25. The maximum Gasteiger partial charge on any atom is 0.271 e. The van der Waals surface area contributed by atoms with Gasteiger partial charge in [0.25, 0.3) is 11.5 Å². The van der Waals surface area contributed by atoms with Crippen molar-refractivity contribution in [3.05, 3.63) is 57.0 Å². The van der Waals surface area contributed by atoms with E-state index >= 15 is 0 Å². The summed E-state index contributed by atoms with van der Waals surface area (Å²) < 4.78 is 1.39. The van der Waals surface area contributed by atoms with Gasteiger partial charge in [-0.3, -0.25) is 14.0 Å². The fourth-order valence-electron chi connectivity index (χ4n) is 3.01. The molecule has 0 fully saturated rings. The summed E-state index contributed by atoms with van der Waals surface area (Å²) in [5, 5.41) is 4.71. The second-order valence-corrected chi connectivity index (χ2v) is 6.64. The first kappa shape index (κ1) is 14.9. The molecular formula is C16H15N5O2S. The lowest BCUT2D eigenvalue weighted by atomic mass is 9.92. The van der Waals surface area contributed by atoms with Crippen molar-refractivity contribution in [1.29, 1.82) is 0 Å². The molecule has 1 atom stereocenters. The summed E-state index contributed by atoms with van der Waals surface area (Å²) in [5.41, 5.74) is 1.60. The Morgan fingerprint density at radius 3 is 3.12 bits per heavy atom. The molecule has 8 heteroatoms. The molecule has 1 aliphatic carbocycles. The van der Waals surface area contributed by atoms with Crippen LogP contribution >= 0.6 is 11.3 Å². The molecular weight excluding hydrogens is 326 g/mol. The van der Waals surface area contributed by atoms with Gasteiger partial charge in [-0.1, -0.05) is 0 Å². The molecule has 0 unspecified atom stereocenters. The number of nitrogens with zero attached hydrogens (tertiary/aromatic N) is 4. The van der Waals surface area contributed by atoms with Gasteiger partial charge < -0.3 is 5.32 Å². The van der Waals surface area contributed by atoms with Crippen LogP contribution in [0.15, 0.2) is 28.8 Å². The molecule has 24 heavy (non-hydrogen) atoms. The number of carbonyl (C=O) groups is 1. The van der Waals surface area contributed by atoms with Crippen LogP contribution in [0.4, 0.5) is 0 Å². The molecule has 1 N–H and O–H groups in total. The van der Waals surface area contributed by atoms with Crippen molar-refractivity contribution in [2.45, 2.75) is 32.2 Å². The smallest absolute Gasteiger partial charge is 0.271 e.